The van der Waals surface area contributed by atoms with Crippen LogP contribution in [0.15, 0.2) is 10.9 Å². The third-order valence-corrected chi connectivity index (χ3v) is 3.04. The molecule has 0 aliphatic heterocycles. The van der Waals surface area contributed by atoms with Gasteiger partial charge in [-0.2, -0.15) is 0 Å². The second-order valence-corrected chi connectivity index (χ2v) is 5.53. The number of hydrogen-bond acceptors (Lipinski definition) is 4. The molecule has 5 nitrogen and oxygen atoms in total. The highest BCUT2D eigenvalue weighted by atomic mass is 16.3. The highest BCUT2D eigenvalue weighted by Crippen LogP contribution is 2.18. The van der Waals surface area contributed by atoms with Gasteiger partial charge >= 0.3 is 0 Å². The van der Waals surface area contributed by atoms with Crippen molar-refractivity contribution in [1.82, 2.24) is 9.47 Å². The number of nitrogens with zero attached hydrogens (tertiary/aromatic N) is 2. The molecule has 1 aromatic heterocycles. The van der Waals surface area contributed by atoms with Crippen molar-refractivity contribution >= 4 is 0 Å². The summed E-state index contributed by atoms with van der Waals surface area (Å²) in [5.41, 5.74) is 0.698. The fourth-order valence-electron chi connectivity index (χ4n) is 2.00. The van der Waals surface area contributed by atoms with E-state index in [0.717, 1.165) is 6.42 Å². The minimum atomic E-state index is -0.429. The zero-order valence-electron chi connectivity index (χ0n) is 12.2. The maximum Gasteiger partial charge on any atom is 0.223 e. The van der Waals surface area contributed by atoms with Crippen molar-refractivity contribution in [3.05, 3.63) is 27.7 Å². The Bertz CT molecular complexity index is 478. The van der Waals surface area contributed by atoms with Crippen molar-refractivity contribution in [2.75, 3.05) is 14.1 Å². The van der Waals surface area contributed by atoms with Gasteiger partial charge in [0.25, 0.3) is 0 Å². The fraction of sp³-hybridized carbons (Fsp3) is 0.643. The number of pyridine rings is 1. The molecule has 0 aromatic carbocycles. The molecule has 0 fully saturated rings. The molecule has 108 valence electrons. The Kier molecular flexibility index (Phi) is 5.57. The molecule has 0 bridgehead atoms. The highest BCUT2D eigenvalue weighted by molar-refractivity contribution is 5.30. The van der Waals surface area contributed by atoms with Crippen LogP contribution in [-0.4, -0.2) is 33.8 Å². The predicted octanol–water partition coefficient (Wildman–Crippen LogP) is 1.15. The average molecular weight is 268 g/mol. The minimum Gasteiger partial charge on any atom is -0.503 e. The van der Waals surface area contributed by atoms with Gasteiger partial charge in [-0.1, -0.05) is 13.8 Å². The molecule has 5 heteroatoms. The van der Waals surface area contributed by atoms with E-state index in [1.165, 1.54) is 6.07 Å². The van der Waals surface area contributed by atoms with Crippen molar-refractivity contribution < 1.29 is 10.2 Å². The molecule has 19 heavy (non-hydrogen) atoms. The van der Waals surface area contributed by atoms with Crippen molar-refractivity contribution in [2.24, 2.45) is 5.92 Å². The molecule has 1 heterocycles. The Morgan fingerprint density at radius 2 is 2.00 bits per heavy atom. The van der Waals surface area contributed by atoms with Crippen LogP contribution in [0.1, 0.15) is 31.7 Å². The van der Waals surface area contributed by atoms with Gasteiger partial charge in [0.15, 0.2) is 5.75 Å². The summed E-state index contributed by atoms with van der Waals surface area (Å²) in [5, 5.41) is 19.4. The molecule has 1 aromatic rings. The summed E-state index contributed by atoms with van der Waals surface area (Å²) in [6.07, 6.45) is 0.926. The number of rotatable bonds is 6. The molecule has 0 spiro atoms. The van der Waals surface area contributed by atoms with Gasteiger partial charge < -0.3 is 19.7 Å². The first-order valence-corrected chi connectivity index (χ1v) is 6.57. The Morgan fingerprint density at radius 1 is 1.37 bits per heavy atom. The van der Waals surface area contributed by atoms with Crippen LogP contribution in [-0.2, 0) is 19.7 Å². The van der Waals surface area contributed by atoms with E-state index in [1.54, 1.807) is 0 Å². The highest BCUT2D eigenvalue weighted by Gasteiger charge is 2.15. The number of aromatic hydroxyl groups is 1. The molecule has 0 amide bonds. The van der Waals surface area contributed by atoms with E-state index in [2.05, 4.69) is 13.8 Å². The number of aliphatic hydroxyl groups excluding tert-OH is 1. The van der Waals surface area contributed by atoms with Crippen LogP contribution in [0.25, 0.3) is 0 Å². The van der Waals surface area contributed by atoms with Crippen LogP contribution in [0, 0.1) is 5.92 Å². The van der Waals surface area contributed by atoms with Gasteiger partial charge in [0.05, 0.1) is 12.3 Å². The van der Waals surface area contributed by atoms with E-state index in [-0.39, 0.29) is 12.4 Å². The summed E-state index contributed by atoms with van der Waals surface area (Å²) in [6.45, 7) is 5.19. The SMILES string of the molecule is CC(C)CCn1c(CO)cc(=O)c(O)c1CN(C)C. The van der Waals surface area contributed by atoms with Crippen molar-refractivity contribution in [1.29, 1.82) is 0 Å². The van der Waals surface area contributed by atoms with Gasteiger partial charge in [0.1, 0.15) is 0 Å². The number of hydrogen-bond donors (Lipinski definition) is 2. The van der Waals surface area contributed by atoms with Gasteiger partial charge in [-0.15, -0.1) is 0 Å². The quantitative estimate of drug-likeness (QED) is 0.812. The molecule has 0 aliphatic carbocycles. The first-order chi connectivity index (χ1) is 8.86. The van der Waals surface area contributed by atoms with Gasteiger partial charge in [-0.3, -0.25) is 4.79 Å². The van der Waals surface area contributed by atoms with E-state index < -0.39 is 5.43 Å². The lowest BCUT2D eigenvalue weighted by Crippen LogP contribution is -2.23. The largest absolute Gasteiger partial charge is 0.503 e. The molecule has 0 aliphatic rings. The van der Waals surface area contributed by atoms with E-state index >= 15 is 0 Å². The first-order valence-electron chi connectivity index (χ1n) is 6.57. The third-order valence-electron chi connectivity index (χ3n) is 3.04. The average Bonchev–Trinajstić information content (AvgIpc) is 2.32. The Morgan fingerprint density at radius 3 is 2.47 bits per heavy atom. The molecule has 0 radical (unpaired) electrons. The lowest BCUT2D eigenvalue weighted by molar-refractivity contribution is 0.262. The van der Waals surface area contributed by atoms with E-state index in [4.69, 9.17) is 0 Å². The van der Waals surface area contributed by atoms with Crippen LogP contribution >= 0.6 is 0 Å². The molecule has 0 saturated carbocycles. The Labute approximate surface area is 114 Å². The third kappa shape index (κ3) is 4.08. The second-order valence-electron chi connectivity index (χ2n) is 5.53. The molecule has 0 saturated heterocycles. The van der Waals surface area contributed by atoms with Gasteiger partial charge in [-0.25, -0.2) is 0 Å². The first kappa shape index (κ1) is 15.7. The van der Waals surface area contributed by atoms with Gasteiger partial charge in [-0.05, 0) is 26.4 Å². The summed E-state index contributed by atoms with van der Waals surface area (Å²) < 4.78 is 1.86. The van der Waals surface area contributed by atoms with Crippen LogP contribution < -0.4 is 5.43 Å². The molecule has 0 atom stereocenters. The zero-order valence-corrected chi connectivity index (χ0v) is 12.2. The van der Waals surface area contributed by atoms with Gasteiger partial charge in [0.2, 0.25) is 5.43 Å². The summed E-state index contributed by atoms with van der Waals surface area (Å²) in [5.74, 6) is 0.301. The van der Waals surface area contributed by atoms with Crippen LogP contribution in [0.3, 0.4) is 0 Å². The molecular formula is C14H24N2O3. The molecule has 2 N–H and O–H groups in total. The standard InChI is InChI=1S/C14H24N2O3/c1-10(2)5-6-16-11(9-17)7-13(18)14(19)12(16)8-15(3)4/h7,10,17,19H,5-6,8-9H2,1-4H3. The lowest BCUT2D eigenvalue weighted by atomic mass is 10.1. The van der Waals surface area contributed by atoms with E-state index in [9.17, 15) is 15.0 Å². The normalized spacial score (nSPS) is 11.5. The summed E-state index contributed by atoms with van der Waals surface area (Å²) >= 11 is 0. The molecule has 1 rings (SSSR count). The smallest absolute Gasteiger partial charge is 0.223 e. The predicted molar refractivity (Wildman–Crippen MR) is 75.1 cm³/mol. The lowest BCUT2D eigenvalue weighted by Gasteiger charge is -2.21. The van der Waals surface area contributed by atoms with Gasteiger partial charge in [0, 0.05) is 24.8 Å². The van der Waals surface area contributed by atoms with Crippen molar-refractivity contribution in [3.8, 4) is 5.75 Å². The van der Waals surface area contributed by atoms with Crippen LogP contribution in [0.4, 0.5) is 0 Å². The van der Waals surface area contributed by atoms with E-state index in [1.807, 2.05) is 23.6 Å². The minimum absolute atomic E-state index is 0.200. The number of aromatic nitrogens is 1. The summed E-state index contributed by atoms with van der Waals surface area (Å²) in [6, 6.07) is 1.31. The Balaban J connectivity index is 3.28. The maximum absolute atomic E-state index is 11.7. The number of aliphatic hydroxyl groups is 1. The monoisotopic (exact) mass is 268 g/mol. The van der Waals surface area contributed by atoms with Crippen molar-refractivity contribution in [2.45, 2.75) is 40.0 Å². The molecule has 0 unspecified atom stereocenters. The summed E-state index contributed by atoms with van der Waals surface area (Å²) in [7, 11) is 3.75. The topological polar surface area (TPSA) is 65.7 Å². The fourth-order valence-corrected chi connectivity index (χ4v) is 2.00. The van der Waals surface area contributed by atoms with Crippen LogP contribution in [0.5, 0.6) is 5.75 Å². The second kappa shape index (κ2) is 6.73. The van der Waals surface area contributed by atoms with Crippen molar-refractivity contribution in [3.63, 3.8) is 0 Å². The van der Waals surface area contributed by atoms with E-state index in [0.29, 0.717) is 30.4 Å². The Hall–Kier alpha value is -1.33. The summed E-state index contributed by atoms with van der Waals surface area (Å²) in [4.78, 5) is 13.6. The maximum atomic E-state index is 11.7. The zero-order chi connectivity index (χ0) is 14.6. The van der Waals surface area contributed by atoms with Crippen LogP contribution in [0.2, 0.25) is 0 Å². The molecular weight excluding hydrogens is 244 g/mol.